The smallest absolute Gasteiger partial charge is 0.244 e. The van der Waals surface area contributed by atoms with Crippen LogP contribution in [0.25, 0.3) is 0 Å². The van der Waals surface area contributed by atoms with Crippen molar-refractivity contribution < 1.29 is 9.00 Å². The molecule has 1 saturated heterocycles. The number of carbonyl (C=O) groups is 1. The van der Waals surface area contributed by atoms with E-state index in [0.717, 1.165) is 19.3 Å². The van der Waals surface area contributed by atoms with Crippen molar-refractivity contribution in [2.75, 3.05) is 18.1 Å². The molecule has 0 aromatic carbocycles. The second kappa shape index (κ2) is 5.29. The third kappa shape index (κ3) is 2.77. The third-order valence-electron chi connectivity index (χ3n) is 3.82. The van der Waals surface area contributed by atoms with E-state index in [2.05, 4.69) is 19.2 Å². The van der Waals surface area contributed by atoms with Crippen LogP contribution in [0, 0.1) is 5.92 Å². The highest BCUT2D eigenvalue weighted by atomic mass is 32.2. The fourth-order valence-corrected chi connectivity index (χ4v) is 3.28. The first-order chi connectivity index (χ1) is 8.48. The largest absolute Gasteiger partial charge is 0.325 e. The lowest BCUT2D eigenvalue weighted by Gasteiger charge is -2.25. The van der Waals surface area contributed by atoms with E-state index in [4.69, 9.17) is 0 Å². The van der Waals surface area contributed by atoms with Crippen LogP contribution in [0.2, 0.25) is 0 Å². The van der Waals surface area contributed by atoms with Gasteiger partial charge in [0.1, 0.15) is 0 Å². The zero-order valence-electron chi connectivity index (χ0n) is 11.6. The molecule has 1 N–H and O–H groups in total. The molecular formula is C13H24N2O2S. The van der Waals surface area contributed by atoms with Crippen LogP contribution in [-0.4, -0.2) is 44.8 Å². The number of amides is 1. The maximum Gasteiger partial charge on any atom is 0.244 e. The van der Waals surface area contributed by atoms with Crippen molar-refractivity contribution in [1.29, 1.82) is 0 Å². The molecule has 1 saturated carbocycles. The average Bonchev–Trinajstić information content (AvgIpc) is 3.03. The molecule has 5 heteroatoms. The fraction of sp³-hybridized carbons (Fsp3) is 0.923. The summed E-state index contributed by atoms with van der Waals surface area (Å²) in [5.41, 5.74) is -0.243. The van der Waals surface area contributed by atoms with Gasteiger partial charge in [0.2, 0.25) is 5.91 Å². The second-order valence-electron chi connectivity index (χ2n) is 5.80. The van der Waals surface area contributed by atoms with Gasteiger partial charge in [0.25, 0.3) is 0 Å². The van der Waals surface area contributed by atoms with Crippen LogP contribution in [0.3, 0.4) is 0 Å². The monoisotopic (exact) mass is 272 g/mol. The molecule has 0 aromatic heterocycles. The van der Waals surface area contributed by atoms with E-state index in [-0.39, 0.29) is 17.6 Å². The Balaban J connectivity index is 1.99. The number of carbonyl (C=O) groups excluding carboxylic acids is 1. The number of hydrogen-bond acceptors (Lipinski definition) is 3. The van der Waals surface area contributed by atoms with Crippen LogP contribution in [0.5, 0.6) is 0 Å². The van der Waals surface area contributed by atoms with Gasteiger partial charge in [-0.2, -0.15) is 0 Å². The first-order valence-electron chi connectivity index (χ1n) is 6.92. The Morgan fingerprint density at radius 3 is 2.67 bits per heavy atom. The molecule has 1 aliphatic heterocycles. The number of nitrogens with one attached hydrogen (secondary N) is 1. The molecule has 2 aliphatic rings. The number of rotatable bonds is 6. The second-order valence-corrected chi connectivity index (χ2v) is 7.67. The van der Waals surface area contributed by atoms with Gasteiger partial charge in [0, 0.05) is 28.9 Å². The molecule has 4 nitrogen and oxygen atoms in total. The van der Waals surface area contributed by atoms with Crippen LogP contribution in [0.1, 0.15) is 40.0 Å². The van der Waals surface area contributed by atoms with Crippen LogP contribution in [0.15, 0.2) is 0 Å². The summed E-state index contributed by atoms with van der Waals surface area (Å²) >= 11 is 0. The molecule has 1 aliphatic carbocycles. The van der Waals surface area contributed by atoms with Crippen molar-refractivity contribution in [2.45, 2.75) is 51.7 Å². The van der Waals surface area contributed by atoms with Crippen LogP contribution in [-0.2, 0) is 15.6 Å². The highest BCUT2D eigenvalue weighted by Crippen LogP contribution is 2.42. The molecule has 0 radical (unpaired) electrons. The lowest BCUT2D eigenvalue weighted by atomic mass is 10.1. The van der Waals surface area contributed by atoms with Gasteiger partial charge in [-0.15, -0.1) is 0 Å². The molecule has 1 spiro atoms. The fourth-order valence-electron chi connectivity index (χ4n) is 2.59. The van der Waals surface area contributed by atoms with E-state index in [9.17, 15) is 9.00 Å². The van der Waals surface area contributed by atoms with Gasteiger partial charge >= 0.3 is 0 Å². The molecule has 2 fully saturated rings. The molecule has 0 bridgehead atoms. The standard InChI is InChI=1S/C13H24N2O2S/c1-4-18(17)8-7-15-11(9-10(2)3)14-13(5-6-13)12(15)16/h10-11,14H,4-9H2,1-3H3. The molecule has 104 valence electrons. The van der Waals surface area contributed by atoms with Crippen molar-refractivity contribution in [3.05, 3.63) is 0 Å². The first kappa shape index (κ1) is 14.0. The Labute approximate surface area is 112 Å². The highest BCUT2D eigenvalue weighted by Gasteiger charge is 2.58. The summed E-state index contributed by atoms with van der Waals surface area (Å²) in [6, 6.07) is 0. The summed E-state index contributed by atoms with van der Waals surface area (Å²) in [6.45, 7) is 6.90. The SMILES string of the molecule is CCS(=O)CCN1C(=O)C2(CC2)NC1CC(C)C. The van der Waals surface area contributed by atoms with Gasteiger partial charge in [-0.3, -0.25) is 14.3 Å². The van der Waals surface area contributed by atoms with Crippen molar-refractivity contribution in [1.82, 2.24) is 10.2 Å². The Morgan fingerprint density at radius 2 is 2.17 bits per heavy atom. The average molecular weight is 272 g/mol. The van der Waals surface area contributed by atoms with E-state index < -0.39 is 10.8 Å². The Morgan fingerprint density at radius 1 is 1.50 bits per heavy atom. The van der Waals surface area contributed by atoms with Crippen LogP contribution < -0.4 is 5.32 Å². The van der Waals surface area contributed by atoms with Crippen molar-refractivity contribution in [2.24, 2.45) is 5.92 Å². The first-order valence-corrected chi connectivity index (χ1v) is 8.41. The summed E-state index contributed by atoms with van der Waals surface area (Å²) in [4.78, 5) is 14.3. The topological polar surface area (TPSA) is 49.4 Å². The molecule has 2 rings (SSSR count). The van der Waals surface area contributed by atoms with Crippen molar-refractivity contribution in [3.8, 4) is 0 Å². The summed E-state index contributed by atoms with van der Waals surface area (Å²) in [6.07, 6.45) is 3.06. The van der Waals surface area contributed by atoms with Gasteiger partial charge in [0.15, 0.2) is 0 Å². The molecule has 2 unspecified atom stereocenters. The lowest BCUT2D eigenvalue weighted by molar-refractivity contribution is -0.130. The normalized spacial score (nSPS) is 27.2. The van der Waals surface area contributed by atoms with E-state index in [1.165, 1.54) is 0 Å². The van der Waals surface area contributed by atoms with Gasteiger partial charge in [-0.05, 0) is 25.2 Å². The minimum Gasteiger partial charge on any atom is -0.325 e. The summed E-state index contributed by atoms with van der Waals surface area (Å²) < 4.78 is 11.5. The maximum atomic E-state index is 12.3. The zero-order valence-corrected chi connectivity index (χ0v) is 12.4. The molecule has 18 heavy (non-hydrogen) atoms. The molecule has 1 heterocycles. The Hall–Kier alpha value is -0.420. The molecule has 2 atom stereocenters. The van der Waals surface area contributed by atoms with Crippen molar-refractivity contribution >= 4 is 16.7 Å². The van der Waals surface area contributed by atoms with E-state index in [1.807, 2.05) is 11.8 Å². The quantitative estimate of drug-likeness (QED) is 0.787. The lowest BCUT2D eigenvalue weighted by Crippen LogP contribution is -2.40. The Kier molecular flexibility index (Phi) is 4.11. The summed E-state index contributed by atoms with van der Waals surface area (Å²) in [5.74, 6) is 2.08. The van der Waals surface area contributed by atoms with Gasteiger partial charge < -0.3 is 4.90 Å². The zero-order chi connectivity index (χ0) is 13.3. The van der Waals surface area contributed by atoms with Crippen LogP contribution >= 0.6 is 0 Å². The van der Waals surface area contributed by atoms with E-state index in [1.54, 1.807) is 0 Å². The predicted octanol–water partition coefficient (Wildman–Crippen LogP) is 1.09. The minimum atomic E-state index is -0.792. The van der Waals surface area contributed by atoms with Gasteiger partial charge in [0.05, 0.1) is 11.7 Å². The van der Waals surface area contributed by atoms with Gasteiger partial charge in [-0.1, -0.05) is 20.8 Å². The van der Waals surface area contributed by atoms with E-state index >= 15 is 0 Å². The Bertz CT molecular complexity index is 353. The number of nitrogens with zero attached hydrogens (tertiary/aromatic N) is 1. The van der Waals surface area contributed by atoms with Crippen LogP contribution in [0.4, 0.5) is 0 Å². The highest BCUT2D eigenvalue weighted by molar-refractivity contribution is 7.84. The van der Waals surface area contributed by atoms with Gasteiger partial charge in [-0.25, -0.2) is 0 Å². The summed E-state index contributed by atoms with van der Waals surface area (Å²) in [7, 11) is -0.792. The minimum absolute atomic E-state index is 0.147. The molecular weight excluding hydrogens is 248 g/mol. The number of hydrogen-bond donors (Lipinski definition) is 1. The van der Waals surface area contributed by atoms with Crippen molar-refractivity contribution in [3.63, 3.8) is 0 Å². The van der Waals surface area contributed by atoms with E-state index in [0.29, 0.717) is 24.0 Å². The predicted molar refractivity (Wildman–Crippen MR) is 73.6 cm³/mol. The molecule has 1 amide bonds. The summed E-state index contributed by atoms with van der Waals surface area (Å²) in [5, 5.41) is 3.49. The maximum absolute atomic E-state index is 12.3. The molecule has 0 aromatic rings. The third-order valence-corrected chi connectivity index (χ3v) is 5.10.